The number of nitro groups is 1. The van der Waals surface area contributed by atoms with Crippen LogP contribution in [0, 0.1) is 10.1 Å². The molecule has 1 fully saturated rings. The summed E-state index contributed by atoms with van der Waals surface area (Å²) >= 11 is 0. The SMILES string of the molecule is CCOC(=O)c1cc(NC[C@@H]2CCO2)c([N+](=O)[O-])c(OC)c1. The minimum atomic E-state index is -0.557. The predicted molar refractivity (Wildman–Crippen MR) is 78.5 cm³/mol. The third kappa shape index (κ3) is 3.45. The second kappa shape index (κ2) is 7.08. The number of carbonyl (C=O) groups excluding carboxylic acids is 1. The van der Waals surface area contributed by atoms with Gasteiger partial charge in [0.2, 0.25) is 0 Å². The Morgan fingerprint density at radius 3 is 2.77 bits per heavy atom. The zero-order valence-corrected chi connectivity index (χ0v) is 12.5. The molecule has 1 aliphatic rings. The summed E-state index contributed by atoms with van der Waals surface area (Å²) in [5.74, 6) is -0.550. The maximum Gasteiger partial charge on any atom is 0.338 e. The number of anilines is 1. The first kappa shape index (κ1) is 16.0. The molecule has 22 heavy (non-hydrogen) atoms. The summed E-state index contributed by atoms with van der Waals surface area (Å²) in [6.07, 6.45) is 0.923. The monoisotopic (exact) mass is 310 g/mol. The van der Waals surface area contributed by atoms with Crippen molar-refractivity contribution in [3.8, 4) is 5.75 Å². The number of nitrogens with one attached hydrogen (secondary N) is 1. The topological polar surface area (TPSA) is 99.9 Å². The Labute approximate surface area is 127 Å². The molecule has 1 aromatic rings. The second-order valence-electron chi connectivity index (χ2n) is 4.71. The lowest BCUT2D eigenvalue weighted by molar-refractivity contribution is -0.384. The third-order valence-corrected chi connectivity index (χ3v) is 3.30. The van der Waals surface area contributed by atoms with Gasteiger partial charge in [-0.3, -0.25) is 10.1 Å². The number of esters is 1. The number of rotatable bonds is 7. The van der Waals surface area contributed by atoms with Crippen LogP contribution in [0.2, 0.25) is 0 Å². The van der Waals surface area contributed by atoms with Gasteiger partial charge >= 0.3 is 11.7 Å². The average molecular weight is 310 g/mol. The lowest BCUT2D eigenvalue weighted by Crippen LogP contribution is -2.33. The van der Waals surface area contributed by atoms with E-state index in [0.29, 0.717) is 13.2 Å². The molecule has 120 valence electrons. The van der Waals surface area contributed by atoms with E-state index in [2.05, 4.69) is 5.32 Å². The van der Waals surface area contributed by atoms with Crippen LogP contribution in [0.1, 0.15) is 23.7 Å². The zero-order valence-electron chi connectivity index (χ0n) is 12.5. The molecular weight excluding hydrogens is 292 g/mol. The minimum Gasteiger partial charge on any atom is -0.490 e. The van der Waals surface area contributed by atoms with Gasteiger partial charge in [-0.05, 0) is 19.4 Å². The molecule has 0 spiro atoms. The van der Waals surface area contributed by atoms with Crippen molar-refractivity contribution in [1.82, 2.24) is 0 Å². The molecule has 1 aromatic carbocycles. The van der Waals surface area contributed by atoms with E-state index in [-0.39, 0.29) is 35.4 Å². The van der Waals surface area contributed by atoms with Crippen molar-refractivity contribution >= 4 is 17.3 Å². The van der Waals surface area contributed by atoms with Crippen LogP contribution in [0.4, 0.5) is 11.4 Å². The fourth-order valence-electron chi connectivity index (χ4n) is 2.09. The first-order valence-electron chi connectivity index (χ1n) is 6.95. The van der Waals surface area contributed by atoms with Crippen molar-refractivity contribution < 1.29 is 23.9 Å². The van der Waals surface area contributed by atoms with Crippen molar-refractivity contribution in [3.05, 3.63) is 27.8 Å². The molecule has 0 aliphatic carbocycles. The number of carbonyl (C=O) groups is 1. The summed E-state index contributed by atoms with van der Waals surface area (Å²) in [7, 11) is 1.32. The Hall–Kier alpha value is -2.35. The molecule has 0 bridgehead atoms. The van der Waals surface area contributed by atoms with Gasteiger partial charge in [0.1, 0.15) is 5.69 Å². The normalized spacial score (nSPS) is 16.5. The molecule has 1 heterocycles. The number of hydrogen-bond acceptors (Lipinski definition) is 7. The molecular formula is C14H18N2O6. The molecule has 0 unspecified atom stereocenters. The Morgan fingerprint density at radius 2 is 2.27 bits per heavy atom. The van der Waals surface area contributed by atoms with Gasteiger partial charge in [0.15, 0.2) is 5.75 Å². The number of hydrogen-bond donors (Lipinski definition) is 1. The Balaban J connectivity index is 2.33. The molecule has 2 rings (SSSR count). The number of nitro benzene ring substituents is 1. The van der Waals surface area contributed by atoms with E-state index >= 15 is 0 Å². The highest BCUT2D eigenvalue weighted by Gasteiger charge is 2.26. The van der Waals surface area contributed by atoms with Crippen LogP contribution in [0.25, 0.3) is 0 Å². The summed E-state index contributed by atoms with van der Waals surface area (Å²) in [5.41, 5.74) is 0.194. The average Bonchev–Trinajstić information content (AvgIpc) is 2.44. The number of ether oxygens (including phenoxy) is 3. The van der Waals surface area contributed by atoms with Gasteiger partial charge in [0, 0.05) is 19.2 Å². The lowest BCUT2D eigenvalue weighted by Gasteiger charge is -2.26. The molecule has 1 aliphatic heterocycles. The van der Waals surface area contributed by atoms with E-state index in [1.54, 1.807) is 6.92 Å². The molecule has 0 aromatic heterocycles. The molecule has 8 nitrogen and oxygen atoms in total. The first-order valence-corrected chi connectivity index (χ1v) is 6.95. The van der Waals surface area contributed by atoms with Gasteiger partial charge < -0.3 is 19.5 Å². The van der Waals surface area contributed by atoms with Crippen LogP contribution in [-0.2, 0) is 9.47 Å². The molecule has 0 saturated carbocycles. The van der Waals surface area contributed by atoms with Crippen LogP contribution < -0.4 is 10.1 Å². The summed E-state index contributed by atoms with van der Waals surface area (Å²) in [4.78, 5) is 22.6. The van der Waals surface area contributed by atoms with Crippen molar-refractivity contribution in [3.63, 3.8) is 0 Å². The minimum absolute atomic E-state index is 0.00702. The highest BCUT2D eigenvalue weighted by atomic mass is 16.6. The summed E-state index contributed by atoms with van der Waals surface area (Å²) in [5, 5.41) is 14.2. The Morgan fingerprint density at radius 1 is 1.55 bits per heavy atom. The largest absolute Gasteiger partial charge is 0.490 e. The summed E-state index contributed by atoms with van der Waals surface area (Å²) < 4.78 is 15.2. The number of benzene rings is 1. The molecule has 1 saturated heterocycles. The zero-order chi connectivity index (χ0) is 16.1. The number of nitrogens with zero attached hydrogens (tertiary/aromatic N) is 1. The van der Waals surface area contributed by atoms with Gasteiger partial charge in [0.25, 0.3) is 0 Å². The van der Waals surface area contributed by atoms with E-state index in [9.17, 15) is 14.9 Å². The smallest absolute Gasteiger partial charge is 0.338 e. The third-order valence-electron chi connectivity index (χ3n) is 3.30. The van der Waals surface area contributed by atoms with E-state index in [4.69, 9.17) is 14.2 Å². The van der Waals surface area contributed by atoms with Crippen LogP contribution in [0.15, 0.2) is 12.1 Å². The van der Waals surface area contributed by atoms with E-state index in [0.717, 1.165) is 6.42 Å². The maximum atomic E-state index is 11.9. The van der Waals surface area contributed by atoms with Crippen LogP contribution in [0.3, 0.4) is 0 Å². The Bertz CT molecular complexity index is 571. The molecule has 8 heteroatoms. The van der Waals surface area contributed by atoms with Crippen molar-refractivity contribution in [2.24, 2.45) is 0 Å². The highest BCUT2D eigenvalue weighted by molar-refractivity contribution is 5.93. The van der Waals surface area contributed by atoms with E-state index in [1.165, 1.54) is 19.2 Å². The Kier molecular flexibility index (Phi) is 5.16. The van der Waals surface area contributed by atoms with Crippen molar-refractivity contribution in [2.45, 2.75) is 19.4 Å². The molecule has 1 atom stereocenters. The van der Waals surface area contributed by atoms with Gasteiger partial charge in [-0.2, -0.15) is 0 Å². The summed E-state index contributed by atoms with van der Waals surface area (Å²) in [6, 6.07) is 2.71. The van der Waals surface area contributed by atoms with Gasteiger partial charge in [-0.15, -0.1) is 0 Å². The fraction of sp³-hybridized carbons (Fsp3) is 0.500. The van der Waals surface area contributed by atoms with Gasteiger partial charge in [-0.1, -0.05) is 0 Å². The predicted octanol–water partition coefficient (Wildman–Crippen LogP) is 1.98. The second-order valence-corrected chi connectivity index (χ2v) is 4.71. The van der Waals surface area contributed by atoms with Crippen LogP contribution >= 0.6 is 0 Å². The van der Waals surface area contributed by atoms with Crippen LogP contribution in [0.5, 0.6) is 5.75 Å². The van der Waals surface area contributed by atoms with E-state index < -0.39 is 10.9 Å². The van der Waals surface area contributed by atoms with E-state index in [1.807, 2.05) is 0 Å². The molecule has 0 radical (unpaired) electrons. The lowest BCUT2D eigenvalue weighted by atomic mass is 10.1. The maximum absolute atomic E-state index is 11.9. The van der Waals surface area contributed by atoms with Crippen LogP contribution in [-0.4, -0.2) is 43.9 Å². The van der Waals surface area contributed by atoms with Gasteiger partial charge in [0.05, 0.1) is 30.3 Å². The quantitative estimate of drug-likeness (QED) is 0.467. The number of methoxy groups -OCH3 is 1. The standard InChI is InChI=1S/C14H18N2O6/c1-3-21-14(17)9-6-11(15-8-10-4-5-22-10)13(16(18)19)12(7-9)20-2/h6-7,10,15H,3-5,8H2,1-2H3/t10-/m0/s1. The summed E-state index contributed by atoms with van der Waals surface area (Å²) in [6.45, 7) is 3.03. The van der Waals surface area contributed by atoms with Gasteiger partial charge in [-0.25, -0.2) is 4.79 Å². The molecule has 1 N–H and O–H groups in total. The highest BCUT2D eigenvalue weighted by Crippen LogP contribution is 2.36. The van der Waals surface area contributed by atoms with Crippen molar-refractivity contribution in [1.29, 1.82) is 0 Å². The fourth-order valence-corrected chi connectivity index (χ4v) is 2.09. The van der Waals surface area contributed by atoms with Crippen molar-refractivity contribution in [2.75, 3.05) is 32.2 Å². The first-order chi connectivity index (χ1) is 10.6. The molecule has 0 amide bonds.